The molecule has 1 amide bonds. The number of aliphatic carboxylic acids is 1. The topological polar surface area (TPSA) is 142 Å². The maximum atomic E-state index is 12.6. The van der Waals surface area contributed by atoms with Gasteiger partial charge in [0.15, 0.2) is 11.2 Å². The third-order valence-electron chi connectivity index (χ3n) is 4.26. The number of imidazole rings is 1. The Balaban J connectivity index is 0.000000406. The lowest BCUT2D eigenvalue weighted by molar-refractivity contribution is -0.603. The number of benzene rings is 2. The number of nitro benzene ring substituents is 1. The molecule has 10 nitrogen and oxygen atoms in total. The zero-order valence-corrected chi connectivity index (χ0v) is 17.8. The summed E-state index contributed by atoms with van der Waals surface area (Å²) in [5.41, 5.74) is 7.48. The number of carbonyl (C=O) groups excluding carboxylic acids is 1. The molecule has 34 heavy (non-hydrogen) atoms. The molecule has 2 heterocycles. The van der Waals surface area contributed by atoms with Gasteiger partial charge in [0.1, 0.15) is 0 Å². The molecule has 0 atom stereocenters. The molecule has 4 rings (SSSR count). The number of para-hydroxylation sites is 2. The summed E-state index contributed by atoms with van der Waals surface area (Å²) in [4.78, 5) is 39.5. The fraction of sp³-hybridized carbons (Fsp3) is 0.100. The van der Waals surface area contributed by atoms with E-state index in [9.17, 15) is 28.1 Å². The quantitative estimate of drug-likeness (QED) is 0.220. The van der Waals surface area contributed by atoms with Crippen LogP contribution in [0.25, 0.3) is 22.6 Å². The number of nitrogens with one attached hydrogen (secondary N) is 2. The number of aromatic amines is 1. The predicted molar refractivity (Wildman–Crippen MR) is 114 cm³/mol. The maximum absolute atomic E-state index is 12.6. The smallest absolute Gasteiger partial charge is 0.475 e. The largest absolute Gasteiger partial charge is 0.490 e. The third kappa shape index (κ3) is 5.92. The zero-order chi connectivity index (χ0) is 24.9. The summed E-state index contributed by atoms with van der Waals surface area (Å²) < 4.78 is 33.4. The fourth-order valence-corrected chi connectivity index (χ4v) is 3.37. The first-order valence-electron chi connectivity index (χ1n) is 9.31. The van der Waals surface area contributed by atoms with Crippen molar-refractivity contribution in [1.82, 2.24) is 9.97 Å². The van der Waals surface area contributed by atoms with Gasteiger partial charge in [0.05, 0.1) is 16.9 Å². The summed E-state index contributed by atoms with van der Waals surface area (Å²) in [6.45, 7) is 0. The van der Waals surface area contributed by atoms with E-state index in [1.54, 1.807) is 22.3 Å². The molecule has 0 unspecified atom stereocenters. The van der Waals surface area contributed by atoms with Gasteiger partial charge in [-0.15, -0.1) is 16.0 Å². The van der Waals surface area contributed by atoms with Crippen LogP contribution in [0.4, 0.5) is 18.9 Å². The lowest BCUT2D eigenvalue weighted by atomic mass is 10.1. The van der Waals surface area contributed by atoms with E-state index < -0.39 is 17.1 Å². The Hall–Kier alpha value is -4.33. The number of halogens is 3. The van der Waals surface area contributed by atoms with Gasteiger partial charge in [-0.1, -0.05) is 24.3 Å². The lowest BCUT2D eigenvalue weighted by Crippen LogP contribution is -2.49. The van der Waals surface area contributed by atoms with Crippen LogP contribution >= 0.6 is 11.3 Å². The number of fused-ring (bicyclic) bond motifs is 1. The molecule has 0 aliphatic rings. The van der Waals surface area contributed by atoms with Gasteiger partial charge in [0.2, 0.25) is 5.52 Å². The molecule has 4 aromatic rings. The Bertz CT molecular complexity index is 1340. The minimum Gasteiger partial charge on any atom is -0.475 e. The highest BCUT2D eigenvalue weighted by atomic mass is 32.1. The number of hydrogen-bond acceptors (Lipinski definition) is 6. The van der Waals surface area contributed by atoms with Crippen LogP contribution in [0.2, 0.25) is 0 Å². The van der Waals surface area contributed by atoms with E-state index >= 15 is 0 Å². The van der Waals surface area contributed by atoms with Gasteiger partial charge in [0, 0.05) is 17.5 Å². The molecule has 2 aromatic carbocycles. The van der Waals surface area contributed by atoms with Crippen LogP contribution in [0.5, 0.6) is 0 Å². The number of amides is 1. The SMILES string of the molecule is O=C(Cc1cccc([N+](=O)[O-])c1)N[n+]1c(-c2cscn2)[nH]c2ccccc21.O=C(O)C(F)(F)F. The van der Waals surface area contributed by atoms with Gasteiger partial charge in [-0.2, -0.15) is 18.6 Å². The first-order chi connectivity index (χ1) is 16.1. The summed E-state index contributed by atoms with van der Waals surface area (Å²) in [5.74, 6) is -2.39. The second kappa shape index (κ2) is 10.1. The Morgan fingerprint density at radius 1 is 1.21 bits per heavy atom. The van der Waals surface area contributed by atoms with E-state index in [4.69, 9.17) is 9.90 Å². The lowest BCUT2D eigenvalue weighted by Gasteiger charge is -2.04. The number of aromatic nitrogens is 3. The van der Waals surface area contributed by atoms with Crippen molar-refractivity contribution in [3.63, 3.8) is 0 Å². The minimum absolute atomic E-state index is 0.0185. The van der Waals surface area contributed by atoms with Crippen LogP contribution in [0.15, 0.2) is 59.4 Å². The Morgan fingerprint density at radius 2 is 1.91 bits per heavy atom. The molecule has 0 fully saturated rings. The van der Waals surface area contributed by atoms with E-state index in [1.165, 1.54) is 23.5 Å². The second-order valence-corrected chi connectivity index (χ2v) is 7.36. The van der Waals surface area contributed by atoms with Crippen molar-refractivity contribution < 1.29 is 37.5 Å². The number of hydrogen-bond donors (Lipinski definition) is 3. The Morgan fingerprint density at radius 3 is 2.53 bits per heavy atom. The van der Waals surface area contributed by atoms with E-state index in [0.717, 1.165) is 11.0 Å². The van der Waals surface area contributed by atoms with Crippen molar-refractivity contribution in [3.8, 4) is 11.5 Å². The highest BCUT2D eigenvalue weighted by Gasteiger charge is 2.38. The van der Waals surface area contributed by atoms with Gasteiger partial charge in [-0.3, -0.25) is 14.9 Å². The molecule has 2 aromatic heterocycles. The van der Waals surface area contributed by atoms with Crippen molar-refractivity contribution in [2.75, 3.05) is 5.43 Å². The van der Waals surface area contributed by atoms with Gasteiger partial charge in [-0.05, 0) is 17.7 Å². The molecule has 0 bridgehead atoms. The second-order valence-electron chi connectivity index (χ2n) is 6.64. The number of carbonyl (C=O) groups is 2. The number of alkyl halides is 3. The summed E-state index contributed by atoms with van der Waals surface area (Å²) in [7, 11) is 0. The summed E-state index contributed by atoms with van der Waals surface area (Å²) in [5, 5.41) is 19.9. The van der Waals surface area contributed by atoms with Crippen LogP contribution < -0.4 is 10.1 Å². The molecule has 0 spiro atoms. The number of nitro groups is 1. The number of carboxylic acids is 1. The van der Waals surface area contributed by atoms with Crippen molar-refractivity contribution in [2.24, 2.45) is 0 Å². The standard InChI is InChI=1S/C18H13N5O3S.C2HF3O2/c24-17(9-12-4-3-5-13(8-12)23(25)26)21-22-16-7-2-1-6-14(16)20-18(22)15-10-27-11-19-15;3-2(4,5)1(6)7/h1-8,10-11H,9H2,(H,21,24);(H,6,7)/p+1. The van der Waals surface area contributed by atoms with Gasteiger partial charge < -0.3 is 5.11 Å². The Kier molecular flexibility index (Phi) is 7.21. The van der Waals surface area contributed by atoms with E-state index in [-0.39, 0.29) is 18.0 Å². The van der Waals surface area contributed by atoms with E-state index in [2.05, 4.69) is 15.4 Å². The van der Waals surface area contributed by atoms with Gasteiger partial charge >= 0.3 is 18.0 Å². The van der Waals surface area contributed by atoms with Crippen molar-refractivity contribution in [3.05, 3.63) is 75.1 Å². The summed E-state index contributed by atoms with van der Waals surface area (Å²) >= 11 is 1.46. The van der Waals surface area contributed by atoms with Crippen LogP contribution in [0, 0.1) is 10.1 Å². The van der Waals surface area contributed by atoms with E-state index in [0.29, 0.717) is 17.1 Å². The third-order valence-corrected chi connectivity index (χ3v) is 4.85. The van der Waals surface area contributed by atoms with Crippen molar-refractivity contribution >= 4 is 39.9 Å². The molecule has 0 aliphatic heterocycles. The number of thiazole rings is 1. The van der Waals surface area contributed by atoms with Crippen LogP contribution in [-0.2, 0) is 16.0 Å². The normalized spacial score (nSPS) is 10.9. The first-order valence-corrected chi connectivity index (χ1v) is 10.2. The molecular formula is C20H15F3N5O5S+. The van der Waals surface area contributed by atoms with Crippen LogP contribution in [-0.4, -0.2) is 38.1 Å². The van der Waals surface area contributed by atoms with Crippen LogP contribution in [0.1, 0.15) is 5.56 Å². The number of non-ortho nitro benzene ring substituents is 1. The minimum atomic E-state index is -5.08. The molecule has 0 saturated heterocycles. The summed E-state index contributed by atoms with van der Waals surface area (Å²) in [6.07, 6.45) is -5.06. The molecule has 176 valence electrons. The van der Waals surface area contributed by atoms with E-state index in [1.807, 2.05) is 29.6 Å². The average molecular weight is 494 g/mol. The van der Waals surface area contributed by atoms with Crippen molar-refractivity contribution in [1.29, 1.82) is 0 Å². The fourth-order valence-electron chi connectivity index (χ4n) is 2.83. The number of rotatable bonds is 5. The van der Waals surface area contributed by atoms with Crippen molar-refractivity contribution in [2.45, 2.75) is 12.6 Å². The zero-order valence-electron chi connectivity index (χ0n) is 16.9. The number of carboxylic acid groups (broad SMARTS) is 1. The van der Waals surface area contributed by atoms with Gasteiger partial charge in [0.25, 0.3) is 11.6 Å². The number of nitrogens with zero attached hydrogens (tertiary/aromatic N) is 3. The monoisotopic (exact) mass is 494 g/mol. The molecule has 0 aliphatic carbocycles. The molecule has 0 saturated carbocycles. The highest BCUT2D eigenvalue weighted by Crippen LogP contribution is 2.18. The average Bonchev–Trinajstić information content (AvgIpc) is 3.42. The Labute approximate surface area is 192 Å². The number of H-pyrrole nitrogens is 1. The predicted octanol–water partition coefficient (Wildman–Crippen LogP) is 3.43. The maximum Gasteiger partial charge on any atom is 0.490 e. The molecule has 0 radical (unpaired) electrons. The molecule has 14 heteroatoms. The molecular weight excluding hydrogens is 479 g/mol. The first kappa shape index (κ1) is 24.3. The van der Waals surface area contributed by atoms with Gasteiger partial charge in [-0.25, -0.2) is 14.8 Å². The molecule has 3 N–H and O–H groups in total. The van der Waals surface area contributed by atoms with Crippen LogP contribution in [0.3, 0.4) is 0 Å². The summed E-state index contributed by atoms with van der Waals surface area (Å²) in [6, 6.07) is 13.6. The highest BCUT2D eigenvalue weighted by molar-refractivity contribution is 7.07.